The van der Waals surface area contributed by atoms with Gasteiger partial charge in [0.1, 0.15) is 0 Å². The van der Waals surface area contributed by atoms with Crippen molar-refractivity contribution in [2.24, 2.45) is 11.7 Å². The standard InChI is InChI=1S/C27H38N4O3/c1-17-9-10-20(13-21(17)16-31(27(29)34)15-19-7-5-4-6-8-19)23(14-25(32)33)22-11-12-24(30-3)26(28)18(22)2/h9-13,19,23,30H,4-8,14-16,28H2,1-3H3,(H2,29,34)(H,32,33). The zero-order chi connectivity index (χ0) is 24.8. The van der Waals surface area contributed by atoms with Crippen LogP contribution >= 0.6 is 0 Å². The number of nitrogens with zero attached hydrogens (tertiary/aromatic N) is 1. The highest BCUT2D eigenvalue weighted by molar-refractivity contribution is 5.74. The van der Waals surface area contributed by atoms with Crippen molar-refractivity contribution in [1.29, 1.82) is 0 Å². The average molecular weight is 467 g/mol. The zero-order valence-corrected chi connectivity index (χ0v) is 20.6. The van der Waals surface area contributed by atoms with Crippen LogP contribution in [0.2, 0.25) is 0 Å². The minimum atomic E-state index is -0.876. The van der Waals surface area contributed by atoms with Gasteiger partial charge in [0, 0.05) is 26.1 Å². The van der Waals surface area contributed by atoms with Crippen molar-refractivity contribution in [3.8, 4) is 0 Å². The summed E-state index contributed by atoms with van der Waals surface area (Å²) in [6.45, 7) is 5.02. The summed E-state index contributed by atoms with van der Waals surface area (Å²) in [5.41, 5.74) is 18.2. The van der Waals surface area contributed by atoms with E-state index in [0.29, 0.717) is 24.7 Å². The zero-order valence-electron chi connectivity index (χ0n) is 20.6. The van der Waals surface area contributed by atoms with Crippen LogP contribution < -0.4 is 16.8 Å². The number of carbonyl (C=O) groups excluding carboxylic acids is 1. The van der Waals surface area contributed by atoms with Crippen molar-refractivity contribution >= 4 is 23.4 Å². The molecule has 2 aromatic rings. The fraction of sp³-hybridized carbons (Fsp3) is 0.481. The number of aliphatic carboxylic acids is 1. The van der Waals surface area contributed by atoms with Crippen LogP contribution in [0.5, 0.6) is 0 Å². The van der Waals surface area contributed by atoms with Crippen molar-refractivity contribution in [3.63, 3.8) is 0 Å². The summed E-state index contributed by atoms with van der Waals surface area (Å²) in [7, 11) is 1.81. The summed E-state index contributed by atoms with van der Waals surface area (Å²) in [5.74, 6) is -0.745. The lowest BCUT2D eigenvalue weighted by Gasteiger charge is -2.29. The Kier molecular flexibility index (Phi) is 8.42. The second kappa shape index (κ2) is 11.3. The fourth-order valence-electron chi connectivity index (χ4n) is 5.12. The lowest BCUT2D eigenvalue weighted by molar-refractivity contribution is -0.137. The third-order valence-corrected chi connectivity index (χ3v) is 7.23. The van der Waals surface area contributed by atoms with Crippen molar-refractivity contribution in [2.75, 3.05) is 24.6 Å². The van der Waals surface area contributed by atoms with Gasteiger partial charge in [-0.15, -0.1) is 0 Å². The predicted molar refractivity (Wildman–Crippen MR) is 137 cm³/mol. The number of rotatable bonds is 9. The summed E-state index contributed by atoms with van der Waals surface area (Å²) in [6, 6.07) is 9.43. The number of amides is 2. The number of primary amides is 1. The number of anilines is 2. The quantitative estimate of drug-likeness (QED) is 0.388. The first-order valence-electron chi connectivity index (χ1n) is 12.1. The molecule has 1 atom stereocenters. The van der Waals surface area contributed by atoms with E-state index in [-0.39, 0.29) is 12.3 Å². The van der Waals surface area contributed by atoms with E-state index in [2.05, 4.69) is 5.32 Å². The lowest BCUT2D eigenvalue weighted by atomic mass is 9.84. The summed E-state index contributed by atoms with van der Waals surface area (Å²) >= 11 is 0. The van der Waals surface area contributed by atoms with Crippen LogP contribution in [0.15, 0.2) is 30.3 Å². The monoisotopic (exact) mass is 466 g/mol. The number of aryl methyl sites for hydroxylation is 1. The lowest BCUT2D eigenvalue weighted by Crippen LogP contribution is -2.39. The summed E-state index contributed by atoms with van der Waals surface area (Å²) in [4.78, 5) is 25.8. The number of benzene rings is 2. The van der Waals surface area contributed by atoms with Gasteiger partial charge in [-0.2, -0.15) is 0 Å². The molecule has 1 saturated carbocycles. The van der Waals surface area contributed by atoms with Crippen LogP contribution in [0, 0.1) is 19.8 Å². The maximum absolute atomic E-state index is 12.3. The molecule has 0 radical (unpaired) electrons. The van der Waals surface area contributed by atoms with Crippen molar-refractivity contribution in [1.82, 2.24) is 4.90 Å². The first-order chi connectivity index (χ1) is 16.2. The van der Waals surface area contributed by atoms with E-state index in [4.69, 9.17) is 11.5 Å². The molecule has 0 aliphatic heterocycles. The molecule has 0 saturated heterocycles. The van der Waals surface area contributed by atoms with Crippen molar-refractivity contribution in [2.45, 2.75) is 64.8 Å². The molecule has 0 heterocycles. The maximum atomic E-state index is 12.3. The van der Waals surface area contributed by atoms with E-state index in [1.807, 2.05) is 51.2 Å². The molecule has 6 N–H and O–H groups in total. The average Bonchev–Trinajstić information content (AvgIpc) is 2.81. The van der Waals surface area contributed by atoms with Gasteiger partial charge in [0.25, 0.3) is 0 Å². The molecular weight excluding hydrogens is 428 g/mol. The van der Waals surface area contributed by atoms with Gasteiger partial charge < -0.3 is 26.8 Å². The molecule has 0 spiro atoms. The SMILES string of the molecule is CNc1ccc(C(CC(=O)O)c2ccc(C)c(CN(CC3CCCCC3)C(N)=O)c2)c(C)c1N. The van der Waals surface area contributed by atoms with E-state index in [0.717, 1.165) is 46.3 Å². The fourth-order valence-corrected chi connectivity index (χ4v) is 5.12. The number of nitrogens with two attached hydrogens (primary N) is 2. The number of nitrogens with one attached hydrogen (secondary N) is 1. The van der Waals surface area contributed by atoms with E-state index in [1.54, 1.807) is 4.90 Å². The van der Waals surface area contributed by atoms with Gasteiger partial charge in [0.15, 0.2) is 0 Å². The molecule has 1 unspecified atom stereocenters. The van der Waals surface area contributed by atoms with E-state index in [1.165, 1.54) is 19.3 Å². The van der Waals surface area contributed by atoms with Gasteiger partial charge >= 0.3 is 12.0 Å². The highest BCUT2D eigenvalue weighted by atomic mass is 16.4. The highest BCUT2D eigenvalue weighted by Gasteiger charge is 2.24. The van der Waals surface area contributed by atoms with Crippen LogP contribution in [0.25, 0.3) is 0 Å². The van der Waals surface area contributed by atoms with Crippen molar-refractivity contribution < 1.29 is 14.7 Å². The van der Waals surface area contributed by atoms with Gasteiger partial charge in [-0.1, -0.05) is 43.5 Å². The third-order valence-electron chi connectivity index (χ3n) is 7.23. The van der Waals surface area contributed by atoms with Gasteiger partial charge in [-0.25, -0.2) is 4.79 Å². The first kappa shape index (κ1) is 25.4. The number of carboxylic acid groups (broad SMARTS) is 1. The number of carbonyl (C=O) groups is 2. The Morgan fingerprint density at radius 2 is 1.85 bits per heavy atom. The molecule has 7 nitrogen and oxygen atoms in total. The minimum Gasteiger partial charge on any atom is -0.481 e. The molecule has 1 aliphatic rings. The molecule has 1 aliphatic carbocycles. The molecule has 184 valence electrons. The molecule has 1 fully saturated rings. The number of hydrogen-bond acceptors (Lipinski definition) is 4. The Labute approximate surface area is 202 Å². The summed E-state index contributed by atoms with van der Waals surface area (Å²) in [6.07, 6.45) is 5.89. The number of carboxylic acids is 1. The van der Waals surface area contributed by atoms with Gasteiger partial charge in [-0.3, -0.25) is 4.79 Å². The Morgan fingerprint density at radius 1 is 1.15 bits per heavy atom. The Morgan fingerprint density at radius 3 is 2.47 bits per heavy atom. The van der Waals surface area contributed by atoms with Gasteiger partial charge in [0.05, 0.1) is 17.8 Å². The van der Waals surface area contributed by atoms with E-state index >= 15 is 0 Å². The molecule has 34 heavy (non-hydrogen) atoms. The normalized spacial score (nSPS) is 15.0. The van der Waals surface area contributed by atoms with Crippen LogP contribution in [0.3, 0.4) is 0 Å². The van der Waals surface area contributed by atoms with Crippen LogP contribution in [0.1, 0.15) is 72.3 Å². The number of urea groups is 1. The second-order valence-corrected chi connectivity index (χ2v) is 9.55. The van der Waals surface area contributed by atoms with Gasteiger partial charge in [0.2, 0.25) is 0 Å². The number of nitrogen functional groups attached to an aromatic ring is 1. The maximum Gasteiger partial charge on any atom is 0.315 e. The summed E-state index contributed by atoms with van der Waals surface area (Å²) in [5, 5.41) is 12.8. The van der Waals surface area contributed by atoms with Crippen molar-refractivity contribution in [3.05, 3.63) is 58.1 Å². The van der Waals surface area contributed by atoms with Crippen LogP contribution in [-0.4, -0.2) is 35.6 Å². The second-order valence-electron chi connectivity index (χ2n) is 9.55. The molecule has 0 bridgehead atoms. The first-order valence-corrected chi connectivity index (χ1v) is 12.1. The Hall–Kier alpha value is -3.22. The molecular formula is C27H38N4O3. The molecule has 0 aromatic heterocycles. The largest absolute Gasteiger partial charge is 0.481 e. The molecule has 2 aromatic carbocycles. The van der Waals surface area contributed by atoms with Crippen LogP contribution in [-0.2, 0) is 11.3 Å². The number of hydrogen-bond donors (Lipinski definition) is 4. The van der Waals surface area contributed by atoms with E-state index in [9.17, 15) is 14.7 Å². The Bertz CT molecular complexity index is 1030. The van der Waals surface area contributed by atoms with Crippen LogP contribution in [0.4, 0.5) is 16.2 Å². The minimum absolute atomic E-state index is 0.0523. The van der Waals surface area contributed by atoms with E-state index < -0.39 is 12.0 Å². The molecule has 3 rings (SSSR count). The van der Waals surface area contributed by atoms with Gasteiger partial charge in [-0.05, 0) is 66.5 Å². The Balaban J connectivity index is 1.94. The third kappa shape index (κ3) is 6.01. The topological polar surface area (TPSA) is 122 Å². The molecule has 7 heteroatoms. The smallest absolute Gasteiger partial charge is 0.315 e. The summed E-state index contributed by atoms with van der Waals surface area (Å²) < 4.78 is 0. The predicted octanol–water partition coefficient (Wildman–Crippen LogP) is 4.99. The molecule has 2 amide bonds. The highest BCUT2D eigenvalue weighted by Crippen LogP contribution is 2.36.